The molecule has 6 nitrogen and oxygen atoms in total. The van der Waals surface area contributed by atoms with Crippen molar-refractivity contribution in [2.45, 2.75) is 18.9 Å². The molecule has 0 spiro atoms. The van der Waals surface area contributed by atoms with E-state index in [4.69, 9.17) is 4.42 Å². The number of carbonyl (C=O) groups is 1. The number of thiophene rings is 1. The number of rotatable bonds is 4. The van der Waals surface area contributed by atoms with E-state index in [9.17, 15) is 4.79 Å². The zero-order valence-corrected chi connectivity index (χ0v) is 11.5. The van der Waals surface area contributed by atoms with Gasteiger partial charge in [0.1, 0.15) is 0 Å². The summed E-state index contributed by atoms with van der Waals surface area (Å²) in [6, 6.07) is 4.11. The van der Waals surface area contributed by atoms with Gasteiger partial charge in [-0.1, -0.05) is 11.2 Å². The van der Waals surface area contributed by atoms with Gasteiger partial charge in [-0.15, -0.1) is 16.4 Å². The van der Waals surface area contributed by atoms with Gasteiger partial charge in [0.2, 0.25) is 5.89 Å². The van der Waals surface area contributed by atoms with Crippen LogP contribution < -0.4 is 10.6 Å². The van der Waals surface area contributed by atoms with Crippen molar-refractivity contribution in [1.29, 1.82) is 0 Å². The molecule has 7 heteroatoms. The van der Waals surface area contributed by atoms with Crippen LogP contribution in [0, 0.1) is 0 Å². The number of aromatic nitrogens is 2. The summed E-state index contributed by atoms with van der Waals surface area (Å²) < 4.78 is 5.43. The molecular weight excluding hydrogens is 276 g/mol. The Labute approximate surface area is 119 Å². The van der Waals surface area contributed by atoms with E-state index in [0.29, 0.717) is 5.89 Å². The first-order valence-electron chi connectivity index (χ1n) is 6.40. The molecule has 104 valence electrons. The van der Waals surface area contributed by atoms with E-state index in [1.807, 2.05) is 17.5 Å². The quantitative estimate of drug-likeness (QED) is 0.844. The second-order valence-electron chi connectivity index (χ2n) is 4.43. The minimum Gasteiger partial charge on any atom is -0.406 e. The highest BCUT2D eigenvalue weighted by Gasteiger charge is 2.22. The fourth-order valence-corrected chi connectivity index (χ4v) is 2.63. The standard InChI is InChI=1S/C13H14N4O2S/c18-11(6-5-9-3-2-8-20-9)15-13-17-16-12(19-13)10-4-1-7-14-10/h2-3,5-6,8,10,14H,1,4,7H2,(H,15,17,18)/b6-5+. The summed E-state index contributed by atoms with van der Waals surface area (Å²) in [4.78, 5) is 12.7. The molecule has 1 atom stereocenters. The molecule has 0 radical (unpaired) electrons. The first kappa shape index (κ1) is 13.0. The number of hydrogen-bond acceptors (Lipinski definition) is 6. The number of anilines is 1. The Morgan fingerprint density at radius 1 is 1.55 bits per heavy atom. The molecule has 20 heavy (non-hydrogen) atoms. The van der Waals surface area contributed by atoms with Crippen molar-refractivity contribution in [1.82, 2.24) is 15.5 Å². The van der Waals surface area contributed by atoms with Crippen molar-refractivity contribution >= 4 is 29.3 Å². The molecule has 1 unspecified atom stereocenters. The second-order valence-corrected chi connectivity index (χ2v) is 5.41. The third-order valence-corrected chi connectivity index (χ3v) is 3.81. The summed E-state index contributed by atoms with van der Waals surface area (Å²) in [7, 11) is 0. The van der Waals surface area contributed by atoms with Crippen LogP contribution in [0.5, 0.6) is 0 Å². The predicted molar refractivity (Wildman–Crippen MR) is 76.3 cm³/mol. The summed E-state index contributed by atoms with van der Waals surface area (Å²) in [6.07, 6.45) is 5.27. The molecule has 0 saturated carbocycles. The summed E-state index contributed by atoms with van der Waals surface area (Å²) in [5.74, 6) is 0.244. The average molecular weight is 290 g/mol. The van der Waals surface area contributed by atoms with Crippen molar-refractivity contribution in [2.75, 3.05) is 11.9 Å². The molecule has 3 heterocycles. The predicted octanol–water partition coefficient (Wildman–Crippen LogP) is 2.21. The monoisotopic (exact) mass is 290 g/mol. The fourth-order valence-electron chi connectivity index (χ4n) is 2.01. The lowest BCUT2D eigenvalue weighted by molar-refractivity contribution is -0.112. The van der Waals surface area contributed by atoms with Crippen LogP contribution in [-0.2, 0) is 4.79 Å². The maximum Gasteiger partial charge on any atom is 0.322 e. The molecular formula is C13H14N4O2S. The Bertz CT molecular complexity index is 600. The molecule has 1 aliphatic rings. The summed E-state index contributed by atoms with van der Waals surface area (Å²) >= 11 is 1.57. The van der Waals surface area contributed by atoms with Gasteiger partial charge in [0.05, 0.1) is 6.04 Å². The van der Waals surface area contributed by atoms with E-state index in [-0.39, 0.29) is 18.0 Å². The zero-order chi connectivity index (χ0) is 13.8. The van der Waals surface area contributed by atoms with Crippen LogP contribution in [0.3, 0.4) is 0 Å². The Hall–Kier alpha value is -1.99. The lowest BCUT2D eigenvalue weighted by atomic mass is 10.2. The minimum absolute atomic E-state index is 0.106. The third kappa shape index (κ3) is 3.12. The first-order valence-corrected chi connectivity index (χ1v) is 7.28. The van der Waals surface area contributed by atoms with E-state index in [1.165, 1.54) is 6.08 Å². The smallest absolute Gasteiger partial charge is 0.322 e. The van der Waals surface area contributed by atoms with E-state index >= 15 is 0 Å². The molecule has 1 saturated heterocycles. The molecule has 2 aromatic heterocycles. The van der Waals surface area contributed by atoms with E-state index < -0.39 is 0 Å². The minimum atomic E-state index is -0.284. The molecule has 0 aromatic carbocycles. The molecule has 0 aliphatic carbocycles. The first-order chi connectivity index (χ1) is 9.81. The summed E-state index contributed by atoms with van der Waals surface area (Å²) in [5.41, 5.74) is 0. The normalized spacial score (nSPS) is 18.7. The average Bonchev–Trinajstić information content (AvgIpc) is 3.18. The molecule has 3 rings (SSSR count). The van der Waals surface area contributed by atoms with Crippen LogP contribution >= 0.6 is 11.3 Å². The van der Waals surface area contributed by atoms with Crippen LogP contribution in [-0.4, -0.2) is 22.6 Å². The van der Waals surface area contributed by atoms with Crippen LogP contribution in [0.1, 0.15) is 29.7 Å². The highest BCUT2D eigenvalue weighted by Crippen LogP contribution is 2.22. The Balaban J connectivity index is 1.58. The number of carbonyl (C=O) groups excluding carboxylic acids is 1. The van der Waals surface area contributed by atoms with E-state index in [0.717, 1.165) is 24.3 Å². The molecule has 1 amide bonds. The van der Waals surface area contributed by atoms with Crippen molar-refractivity contribution < 1.29 is 9.21 Å². The lowest BCUT2D eigenvalue weighted by Gasteiger charge is -2.02. The molecule has 1 fully saturated rings. The number of hydrogen-bond donors (Lipinski definition) is 2. The fraction of sp³-hybridized carbons (Fsp3) is 0.308. The van der Waals surface area contributed by atoms with Gasteiger partial charge in [-0.3, -0.25) is 10.1 Å². The van der Waals surface area contributed by atoms with Gasteiger partial charge in [0, 0.05) is 11.0 Å². The van der Waals surface area contributed by atoms with Gasteiger partial charge in [0.15, 0.2) is 0 Å². The van der Waals surface area contributed by atoms with Gasteiger partial charge in [-0.2, -0.15) is 0 Å². The zero-order valence-electron chi connectivity index (χ0n) is 10.7. The second kappa shape index (κ2) is 5.98. The van der Waals surface area contributed by atoms with Gasteiger partial charge >= 0.3 is 6.01 Å². The molecule has 2 N–H and O–H groups in total. The Morgan fingerprint density at radius 3 is 3.25 bits per heavy atom. The summed E-state index contributed by atoms with van der Waals surface area (Å²) in [6.45, 7) is 0.957. The van der Waals surface area contributed by atoms with Gasteiger partial charge in [-0.05, 0) is 36.9 Å². The number of nitrogens with zero attached hydrogens (tertiary/aromatic N) is 2. The number of amides is 1. The highest BCUT2D eigenvalue weighted by molar-refractivity contribution is 7.10. The van der Waals surface area contributed by atoms with Crippen molar-refractivity contribution in [3.05, 3.63) is 34.4 Å². The topological polar surface area (TPSA) is 80.0 Å². The van der Waals surface area contributed by atoms with Gasteiger partial charge in [-0.25, -0.2) is 0 Å². The van der Waals surface area contributed by atoms with E-state index in [1.54, 1.807) is 17.4 Å². The molecule has 1 aliphatic heterocycles. The van der Waals surface area contributed by atoms with Crippen molar-refractivity contribution in [2.24, 2.45) is 0 Å². The number of nitrogens with one attached hydrogen (secondary N) is 2. The van der Waals surface area contributed by atoms with Gasteiger partial charge < -0.3 is 9.73 Å². The van der Waals surface area contributed by atoms with Crippen LogP contribution in [0.4, 0.5) is 6.01 Å². The van der Waals surface area contributed by atoms with E-state index in [2.05, 4.69) is 20.8 Å². The SMILES string of the molecule is O=C(/C=C/c1cccs1)Nc1nnc(C2CCCN2)o1. The lowest BCUT2D eigenvalue weighted by Crippen LogP contribution is -2.13. The van der Waals surface area contributed by atoms with Gasteiger partial charge in [0.25, 0.3) is 5.91 Å². The molecule has 0 bridgehead atoms. The van der Waals surface area contributed by atoms with Crippen LogP contribution in [0.25, 0.3) is 6.08 Å². The third-order valence-electron chi connectivity index (χ3n) is 2.97. The summed E-state index contributed by atoms with van der Waals surface area (Å²) in [5, 5.41) is 15.5. The maximum atomic E-state index is 11.7. The van der Waals surface area contributed by atoms with Crippen molar-refractivity contribution in [3.63, 3.8) is 0 Å². The highest BCUT2D eigenvalue weighted by atomic mass is 32.1. The largest absolute Gasteiger partial charge is 0.406 e. The molecule has 2 aromatic rings. The van der Waals surface area contributed by atoms with Crippen LogP contribution in [0.2, 0.25) is 0 Å². The van der Waals surface area contributed by atoms with Crippen LogP contribution in [0.15, 0.2) is 28.0 Å². The Kier molecular flexibility index (Phi) is 3.89. The van der Waals surface area contributed by atoms with Crippen molar-refractivity contribution in [3.8, 4) is 0 Å². The maximum absolute atomic E-state index is 11.7. The Morgan fingerprint density at radius 2 is 2.50 bits per heavy atom.